The molecule has 0 fully saturated rings. The van der Waals surface area contributed by atoms with E-state index in [1.54, 1.807) is 47.1 Å². The average molecular weight is 465 g/mol. The van der Waals surface area contributed by atoms with Crippen molar-refractivity contribution in [3.05, 3.63) is 73.1 Å². The minimum Gasteiger partial charge on any atom is -0.387 e. The van der Waals surface area contributed by atoms with E-state index in [-0.39, 0.29) is 30.9 Å². The number of amides is 2. The molecule has 1 aromatic heterocycles. The van der Waals surface area contributed by atoms with Gasteiger partial charge in [-0.1, -0.05) is 24.3 Å². The van der Waals surface area contributed by atoms with Gasteiger partial charge in [0.2, 0.25) is 5.91 Å². The molecule has 3 rings (SSSR count). The molecule has 0 spiro atoms. The molecule has 2 amide bonds. The van der Waals surface area contributed by atoms with Crippen molar-refractivity contribution in [2.75, 3.05) is 11.9 Å². The van der Waals surface area contributed by atoms with Crippen molar-refractivity contribution in [3.8, 4) is 11.4 Å². The van der Waals surface area contributed by atoms with Crippen LogP contribution in [0.15, 0.2) is 61.7 Å². The van der Waals surface area contributed by atoms with Gasteiger partial charge in [-0.3, -0.25) is 9.59 Å². The van der Waals surface area contributed by atoms with Crippen LogP contribution in [-0.2, 0) is 11.3 Å². The SMILES string of the molecule is C=CCC(O)(CC=C)CNC(=O)c1cc(NC(C)=O)cc2nc(-c3ccccc3F)n(CC)c12. The largest absolute Gasteiger partial charge is 0.387 e. The Bertz CT molecular complexity index is 1240. The molecule has 7 nitrogen and oxygen atoms in total. The number of hydrogen-bond donors (Lipinski definition) is 3. The number of imidazole rings is 1. The number of aryl methyl sites for hydroxylation is 1. The Kier molecular flexibility index (Phi) is 7.63. The van der Waals surface area contributed by atoms with Gasteiger partial charge < -0.3 is 20.3 Å². The third kappa shape index (κ3) is 5.23. The molecule has 0 aliphatic heterocycles. The highest BCUT2D eigenvalue weighted by atomic mass is 19.1. The second-order valence-electron chi connectivity index (χ2n) is 8.12. The number of hydrogen-bond acceptors (Lipinski definition) is 4. The number of nitrogens with one attached hydrogen (secondary N) is 2. The van der Waals surface area contributed by atoms with Crippen LogP contribution in [0.2, 0.25) is 0 Å². The fourth-order valence-electron chi connectivity index (χ4n) is 3.98. The van der Waals surface area contributed by atoms with E-state index < -0.39 is 17.3 Å². The summed E-state index contributed by atoms with van der Waals surface area (Å²) >= 11 is 0. The molecule has 178 valence electrons. The van der Waals surface area contributed by atoms with Gasteiger partial charge in [0.05, 0.1) is 27.8 Å². The molecule has 0 aliphatic carbocycles. The molecule has 3 aromatic rings. The summed E-state index contributed by atoms with van der Waals surface area (Å²) in [4.78, 5) is 29.6. The lowest BCUT2D eigenvalue weighted by Crippen LogP contribution is -2.42. The van der Waals surface area contributed by atoms with Gasteiger partial charge in [0, 0.05) is 25.7 Å². The van der Waals surface area contributed by atoms with Gasteiger partial charge in [-0.15, -0.1) is 13.2 Å². The van der Waals surface area contributed by atoms with E-state index in [0.717, 1.165) is 0 Å². The zero-order chi connectivity index (χ0) is 24.9. The number of carbonyl (C=O) groups excluding carboxylic acids is 2. The second kappa shape index (κ2) is 10.4. The van der Waals surface area contributed by atoms with E-state index in [2.05, 4.69) is 28.8 Å². The minimum atomic E-state index is -1.23. The van der Waals surface area contributed by atoms with Gasteiger partial charge in [-0.25, -0.2) is 9.37 Å². The first-order valence-electron chi connectivity index (χ1n) is 11.0. The van der Waals surface area contributed by atoms with Gasteiger partial charge in [0.1, 0.15) is 11.6 Å². The first-order valence-corrected chi connectivity index (χ1v) is 11.0. The van der Waals surface area contributed by atoms with Crippen LogP contribution in [0.5, 0.6) is 0 Å². The molecule has 34 heavy (non-hydrogen) atoms. The maximum Gasteiger partial charge on any atom is 0.253 e. The van der Waals surface area contributed by atoms with Crippen LogP contribution in [0.4, 0.5) is 10.1 Å². The number of carbonyl (C=O) groups is 2. The second-order valence-corrected chi connectivity index (χ2v) is 8.12. The van der Waals surface area contributed by atoms with Crippen molar-refractivity contribution < 1.29 is 19.1 Å². The number of halogens is 1. The van der Waals surface area contributed by atoms with Crippen LogP contribution in [-0.4, -0.2) is 38.6 Å². The number of aromatic nitrogens is 2. The summed E-state index contributed by atoms with van der Waals surface area (Å²) < 4.78 is 16.4. The highest BCUT2D eigenvalue weighted by Gasteiger charge is 2.27. The van der Waals surface area contributed by atoms with Gasteiger partial charge >= 0.3 is 0 Å². The molecule has 3 N–H and O–H groups in total. The molecular weight excluding hydrogens is 435 g/mol. The Hall–Kier alpha value is -3.78. The maximum atomic E-state index is 14.6. The summed E-state index contributed by atoms with van der Waals surface area (Å²) in [5.74, 6) is -0.821. The highest BCUT2D eigenvalue weighted by molar-refractivity contribution is 6.08. The molecular formula is C26H29FN4O3. The van der Waals surface area contributed by atoms with Crippen LogP contribution < -0.4 is 10.6 Å². The monoisotopic (exact) mass is 464 g/mol. The lowest BCUT2D eigenvalue weighted by atomic mass is 9.95. The Morgan fingerprint density at radius 3 is 2.47 bits per heavy atom. The van der Waals surface area contributed by atoms with Gasteiger partial charge in [-0.05, 0) is 44.0 Å². The number of rotatable bonds is 10. The summed E-state index contributed by atoms with van der Waals surface area (Å²) in [7, 11) is 0. The molecule has 0 atom stereocenters. The topological polar surface area (TPSA) is 96.2 Å². The molecule has 1 heterocycles. The predicted octanol–water partition coefficient (Wildman–Crippen LogP) is 4.43. The fraction of sp³-hybridized carbons (Fsp3) is 0.269. The normalized spacial score (nSPS) is 11.3. The summed E-state index contributed by atoms with van der Waals surface area (Å²) in [6.07, 6.45) is 3.70. The van der Waals surface area contributed by atoms with Crippen LogP contribution in [0.3, 0.4) is 0 Å². The first-order chi connectivity index (χ1) is 16.2. The third-order valence-corrected chi connectivity index (χ3v) is 5.46. The zero-order valence-electron chi connectivity index (χ0n) is 19.4. The first kappa shape index (κ1) is 24.9. The third-order valence-electron chi connectivity index (χ3n) is 5.46. The van der Waals surface area contributed by atoms with E-state index in [1.165, 1.54) is 13.0 Å². The summed E-state index contributed by atoms with van der Waals surface area (Å²) in [6.45, 7) is 11.0. The van der Waals surface area contributed by atoms with E-state index >= 15 is 0 Å². The van der Waals surface area contributed by atoms with Gasteiger partial charge in [0.15, 0.2) is 0 Å². The Labute approximate surface area is 198 Å². The summed E-state index contributed by atoms with van der Waals surface area (Å²) in [5.41, 5.74) is 0.652. The predicted molar refractivity (Wildman–Crippen MR) is 132 cm³/mol. The van der Waals surface area contributed by atoms with Gasteiger partial charge in [-0.2, -0.15) is 0 Å². The van der Waals surface area contributed by atoms with Crippen molar-refractivity contribution in [1.29, 1.82) is 0 Å². The van der Waals surface area contributed by atoms with Crippen molar-refractivity contribution in [3.63, 3.8) is 0 Å². The lowest BCUT2D eigenvalue weighted by Gasteiger charge is -2.26. The zero-order valence-corrected chi connectivity index (χ0v) is 19.4. The molecule has 2 aromatic carbocycles. The van der Waals surface area contributed by atoms with Gasteiger partial charge in [0.25, 0.3) is 5.91 Å². The van der Waals surface area contributed by atoms with E-state index in [4.69, 9.17) is 0 Å². The Morgan fingerprint density at radius 2 is 1.88 bits per heavy atom. The molecule has 0 aliphatic rings. The number of aliphatic hydroxyl groups is 1. The van der Waals surface area contributed by atoms with E-state index in [9.17, 15) is 19.1 Å². The van der Waals surface area contributed by atoms with Crippen LogP contribution in [0.1, 0.15) is 37.0 Å². The standard InChI is InChI=1S/C26H29FN4O3/c1-5-12-26(34,13-6-2)16-28-25(33)20-14-18(29-17(4)32)15-22-23(20)31(7-3)24(30-22)19-10-8-9-11-21(19)27/h5-6,8-11,14-15,34H,1-2,7,12-13,16H2,3-4H3,(H,28,33)(H,29,32). The number of nitrogens with zero attached hydrogens (tertiary/aromatic N) is 2. The highest BCUT2D eigenvalue weighted by Crippen LogP contribution is 2.31. The average Bonchev–Trinajstić information content (AvgIpc) is 3.15. The van der Waals surface area contributed by atoms with Crippen molar-refractivity contribution in [2.45, 2.75) is 38.8 Å². The molecule has 8 heteroatoms. The van der Waals surface area contributed by atoms with Crippen molar-refractivity contribution in [2.24, 2.45) is 0 Å². The smallest absolute Gasteiger partial charge is 0.253 e. The minimum absolute atomic E-state index is 0.0316. The molecule has 0 bridgehead atoms. The Morgan fingerprint density at radius 1 is 1.21 bits per heavy atom. The van der Waals surface area contributed by atoms with Crippen LogP contribution in [0.25, 0.3) is 22.4 Å². The number of anilines is 1. The fourth-order valence-corrected chi connectivity index (χ4v) is 3.98. The summed E-state index contributed by atoms with van der Waals surface area (Å²) in [5, 5.41) is 16.3. The maximum absolute atomic E-state index is 14.6. The van der Waals surface area contributed by atoms with Crippen molar-refractivity contribution >= 4 is 28.5 Å². The number of benzene rings is 2. The molecule has 0 saturated heterocycles. The number of fused-ring (bicyclic) bond motifs is 1. The van der Waals surface area contributed by atoms with Crippen LogP contribution in [0, 0.1) is 5.82 Å². The van der Waals surface area contributed by atoms with E-state index in [1.807, 2.05) is 6.92 Å². The molecule has 0 radical (unpaired) electrons. The molecule has 0 unspecified atom stereocenters. The lowest BCUT2D eigenvalue weighted by molar-refractivity contribution is -0.114. The van der Waals surface area contributed by atoms with E-state index in [0.29, 0.717) is 34.7 Å². The summed E-state index contributed by atoms with van der Waals surface area (Å²) in [6, 6.07) is 9.49. The Balaban J connectivity index is 2.14. The molecule has 0 saturated carbocycles. The van der Waals surface area contributed by atoms with Crippen LogP contribution >= 0.6 is 0 Å². The quantitative estimate of drug-likeness (QED) is 0.387. The van der Waals surface area contributed by atoms with Crippen molar-refractivity contribution in [1.82, 2.24) is 14.9 Å².